The zero-order valence-electron chi connectivity index (χ0n) is 20.5. The van der Waals surface area contributed by atoms with Crippen LogP contribution in [0.4, 0.5) is 0 Å². The first-order valence-corrected chi connectivity index (χ1v) is 12.1. The second-order valence-corrected chi connectivity index (χ2v) is 8.86. The third-order valence-electron chi connectivity index (χ3n) is 6.16. The third kappa shape index (κ3) is 6.93. The molecule has 0 saturated carbocycles. The molecule has 1 aliphatic heterocycles. The van der Waals surface area contributed by atoms with Gasteiger partial charge in [0.25, 0.3) is 11.8 Å². The minimum atomic E-state index is -0.419. The van der Waals surface area contributed by atoms with E-state index in [0.29, 0.717) is 31.7 Å². The number of nitrogens with two attached hydrogens (primary N) is 1. The highest BCUT2D eigenvalue weighted by molar-refractivity contribution is 6.00. The number of carbonyl (C=O) groups excluding carboxylic acids is 2. The van der Waals surface area contributed by atoms with E-state index >= 15 is 0 Å². The fourth-order valence-corrected chi connectivity index (χ4v) is 4.24. The number of hydrogen-bond donors (Lipinski definition) is 4. The molecule has 9 heteroatoms. The van der Waals surface area contributed by atoms with Crippen LogP contribution in [0.25, 0.3) is 0 Å². The smallest absolute Gasteiger partial charge is 0.262 e. The van der Waals surface area contributed by atoms with Crippen molar-refractivity contribution in [2.24, 2.45) is 5.73 Å². The van der Waals surface area contributed by atoms with Gasteiger partial charge in [-0.05, 0) is 48.2 Å². The second kappa shape index (κ2) is 13.0. The van der Waals surface area contributed by atoms with Crippen molar-refractivity contribution in [3.05, 3.63) is 88.5 Å². The van der Waals surface area contributed by atoms with Crippen molar-refractivity contribution in [3.63, 3.8) is 0 Å². The fraction of sp³-hybridized carbons (Fsp3) is 0.286. The monoisotopic (exact) mass is 525 g/mol. The number of hydrogen-bond acceptors (Lipinski definition) is 6. The minimum Gasteiger partial charge on any atom is -0.508 e. The van der Waals surface area contributed by atoms with Crippen LogP contribution in [0.15, 0.2) is 60.7 Å². The highest BCUT2D eigenvalue weighted by Gasteiger charge is 2.29. The Morgan fingerprint density at radius 2 is 1.70 bits per heavy atom. The molecule has 0 aromatic heterocycles. The molecule has 0 bridgehead atoms. The maximum Gasteiger partial charge on any atom is 0.262 e. The standard InChI is InChI=1S/C28H31N3O5.ClH/c29-11-5-2-6-12-30-27(34)20-9-10-21-16-31(17-22(21)13-20)28(35)26-24(33)14-23(32)15-25(26)36-18-19-7-3-1-4-8-19;/h1,3-4,7-10,13-15,32-33H,2,5-6,11-12,16-18,29H2,(H,30,34);1H. The fourth-order valence-electron chi connectivity index (χ4n) is 4.24. The zero-order valence-corrected chi connectivity index (χ0v) is 21.3. The van der Waals surface area contributed by atoms with Crippen LogP contribution >= 0.6 is 12.4 Å². The molecule has 0 spiro atoms. The topological polar surface area (TPSA) is 125 Å². The molecule has 8 nitrogen and oxygen atoms in total. The van der Waals surface area contributed by atoms with Crippen molar-refractivity contribution in [3.8, 4) is 17.2 Å². The molecule has 0 unspecified atom stereocenters. The van der Waals surface area contributed by atoms with Crippen LogP contribution in [-0.2, 0) is 19.7 Å². The Kier molecular flexibility index (Phi) is 9.77. The van der Waals surface area contributed by atoms with E-state index in [1.165, 1.54) is 6.07 Å². The molecule has 1 heterocycles. The average Bonchev–Trinajstić information content (AvgIpc) is 3.31. The summed E-state index contributed by atoms with van der Waals surface area (Å²) >= 11 is 0. The summed E-state index contributed by atoms with van der Waals surface area (Å²) in [6.45, 7) is 2.05. The number of fused-ring (bicyclic) bond motifs is 1. The van der Waals surface area contributed by atoms with E-state index < -0.39 is 5.91 Å². The molecular formula is C28H32ClN3O5. The summed E-state index contributed by atoms with van der Waals surface area (Å²) in [6.07, 6.45) is 2.79. The van der Waals surface area contributed by atoms with Crippen molar-refractivity contribution >= 4 is 24.2 Å². The van der Waals surface area contributed by atoms with Gasteiger partial charge in [0.15, 0.2) is 0 Å². The largest absolute Gasteiger partial charge is 0.508 e. The van der Waals surface area contributed by atoms with E-state index in [-0.39, 0.29) is 47.7 Å². The number of unbranched alkanes of at least 4 members (excludes halogenated alkanes) is 2. The van der Waals surface area contributed by atoms with Gasteiger partial charge in [-0.15, -0.1) is 12.4 Å². The Hall–Kier alpha value is -3.75. The SMILES string of the molecule is Cl.NCCCCCNC(=O)c1ccc2c(c1)CN(C(=O)c1c(O)cc(O)cc1OCc1ccccc1)C2. The Bertz CT molecular complexity index is 1240. The van der Waals surface area contributed by atoms with E-state index in [2.05, 4.69) is 5.32 Å². The van der Waals surface area contributed by atoms with Crippen LogP contribution < -0.4 is 15.8 Å². The number of amides is 2. The first kappa shape index (κ1) is 27.8. The van der Waals surface area contributed by atoms with Gasteiger partial charge in [0, 0.05) is 37.3 Å². The number of nitrogens with one attached hydrogen (secondary N) is 1. The molecule has 0 radical (unpaired) electrons. The normalized spacial score (nSPS) is 12.0. The predicted octanol–water partition coefficient (Wildman–Crippen LogP) is 4.11. The molecule has 3 aromatic carbocycles. The summed E-state index contributed by atoms with van der Waals surface area (Å²) in [4.78, 5) is 27.6. The molecular weight excluding hydrogens is 494 g/mol. The van der Waals surface area contributed by atoms with E-state index in [9.17, 15) is 19.8 Å². The van der Waals surface area contributed by atoms with Crippen molar-refractivity contribution in [1.29, 1.82) is 0 Å². The maximum absolute atomic E-state index is 13.4. The minimum absolute atomic E-state index is 0. The van der Waals surface area contributed by atoms with Gasteiger partial charge in [0.1, 0.15) is 29.4 Å². The summed E-state index contributed by atoms with van der Waals surface area (Å²) < 4.78 is 5.83. The maximum atomic E-state index is 13.4. The van der Waals surface area contributed by atoms with Crippen LogP contribution in [0.5, 0.6) is 17.2 Å². The lowest BCUT2D eigenvalue weighted by Crippen LogP contribution is -2.26. The predicted molar refractivity (Wildman–Crippen MR) is 143 cm³/mol. The van der Waals surface area contributed by atoms with Crippen molar-refractivity contribution in [1.82, 2.24) is 10.2 Å². The summed E-state index contributed by atoms with van der Waals surface area (Å²) in [5.74, 6) is -1.02. The third-order valence-corrected chi connectivity index (χ3v) is 6.16. The van der Waals surface area contributed by atoms with Gasteiger partial charge >= 0.3 is 0 Å². The lowest BCUT2D eigenvalue weighted by atomic mass is 10.1. The number of halogens is 1. The number of carbonyl (C=O) groups is 2. The number of benzene rings is 3. The van der Waals surface area contributed by atoms with Crippen molar-refractivity contribution in [2.75, 3.05) is 13.1 Å². The van der Waals surface area contributed by atoms with Crippen LogP contribution in [0.2, 0.25) is 0 Å². The van der Waals surface area contributed by atoms with Gasteiger partial charge in [-0.3, -0.25) is 9.59 Å². The zero-order chi connectivity index (χ0) is 25.5. The second-order valence-electron chi connectivity index (χ2n) is 8.86. The van der Waals surface area contributed by atoms with Gasteiger partial charge < -0.3 is 30.9 Å². The van der Waals surface area contributed by atoms with E-state index in [0.717, 1.165) is 42.0 Å². The summed E-state index contributed by atoms with van der Waals surface area (Å²) in [5, 5.41) is 23.4. The van der Waals surface area contributed by atoms with Crippen LogP contribution in [0.1, 0.15) is 56.7 Å². The molecule has 3 aromatic rings. The molecule has 37 heavy (non-hydrogen) atoms. The summed E-state index contributed by atoms with van der Waals surface area (Å²) in [5.41, 5.74) is 8.74. The Balaban J connectivity index is 0.00000380. The number of aromatic hydroxyl groups is 2. The lowest BCUT2D eigenvalue weighted by molar-refractivity contribution is 0.0743. The number of nitrogens with zero attached hydrogens (tertiary/aromatic N) is 1. The van der Waals surface area contributed by atoms with Gasteiger partial charge in [-0.1, -0.05) is 42.8 Å². The Morgan fingerprint density at radius 3 is 2.46 bits per heavy atom. The number of phenols is 2. The van der Waals surface area contributed by atoms with E-state index in [4.69, 9.17) is 10.5 Å². The molecule has 1 aliphatic rings. The molecule has 2 amide bonds. The van der Waals surface area contributed by atoms with E-state index in [1.54, 1.807) is 17.0 Å². The van der Waals surface area contributed by atoms with Crippen LogP contribution in [0, 0.1) is 0 Å². The molecule has 0 saturated heterocycles. The number of ether oxygens (including phenoxy) is 1. The lowest BCUT2D eigenvalue weighted by Gasteiger charge is -2.19. The molecule has 0 atom stereocenters. The molecule has 0 fully saturated rings. The van der Waals surface area contributed by atoms with E-state index in [1.807, 2.05) is 36.4 Å². The van der Waals surface area contributed by atoms with Crippen LogP contribution in [0.3, 0.4) is 0 Å². The first-order chi connectivity index (χ1) is 17.5. The number of rotatable bonds is 10. The number of phenolic OH excluding ortho intramolecular Hbond substituents is 2. The highest BCUT2D eigenvalue weighted by atomic mass is 35.5. The molecule has 0 aliphatic carbocycles. The molecule has 196 valence electrons. The summed E-state index contributed by atoms with van der Waals surface area (Å²) in [7, 11) is 0. The quantitative estimate of drug-likeness (QED) is 0.295. The Morgan fingerprint density at radius 1 is 0.946 bits per heavy atom. The van der Waals surface area contributed by atoms with Crippen molar-refractivity contribution < 1.29 is 24.5 Å². The Labute approximate surface area is 222 Å². The average molecular weight is 526 g/mol. The van der Waals surface area contributed by atoms with Crippen molar-refractivity contribution in [2.45, 2.75) is 39.0 Å². The molecule has 4 rings (SSSR count). The first-order valence-electron chi connectivity index (χ1n) is 12.1. The van der Waals surface area contributed by atoms with Crippen LogP contribution in [-0.4, -0.2) is 40.0 Å². The van der Waals surface area contributed by atoms with Gasteiger partial charge in [0.2, 0.25) is 0 Å². The molecule has 5 N–H and O–H groups in total. The van der Waals surface area contributed by atoms with Gasteiger partial charge in [0.05, 0.1) is 0 Å². The van der Waals surface area contributed by atoms with Gasteiger partial charge in [-0.2, -0.15) is 0 Å². The van der Waals surface area contributed by atoms with Gasteiger partial charge in [-0.25, -0.2) is 0 Å². The highest BCUT2D eigenvalue weighted by Crippen LogP contribution is 2.36. The summed E-state index contributed by atoms with van der Waals surface area (Å²) in [6, 6.07) is 17.3.